The highest BCUT2D eigenvalue weighted by atomic mass is 19.1. The lowest BCUT2D eigenvalue weighted by atomic mass is 10.0. The first-order valence-corrected chi connectivity index (χ1v) is 6.69. The van der Waals surface area contributed by atoms with E-state index in [0.717, 1.165) is 16.5 Å². The van der Waals surface area contributed by atoms with Crippen LogP contribution >= 0.6 is 0 Å². The first kappa shape index (κ1) is 13.6. The number of halogens is 1. The molecule has 0 amide bonds. The van der Waals surface area contributed by atoms with E-state index >= 15 is 0 Å². The van der Waals surface area contributed by atoms with Gasteiger partial charge in [-0.2, -0.15) is 0 Å². The number of benzene rings is 2. The predicted molar refractivity (Wildman–Crippen MR) is 79.9 cm³/mol. The Labute approximate surface area is 122 Å². The molecule has 4 heteroatoms. The van der Waals surface area contributed by atoms with E-state index in [9.17, 15) is 4.39 Å². The van der Waals surface area contributed by atoms with Crippen LogP contribution in [0.25, 0.3) is 11.0 Å². The van der Waals surface area contributed by atoms with Crippen molar-refractivity contribution in [3.63, 3.8) is 0 Å². The van der Waals surface area contributed by atoms with Gasteiger partial charge in [0.15, 0.2) is 0 Å². The highest BCUT2D eigenvalue weighted by Crippen LogP contribution is 2.34. The van der Waals surface area contributed by atoms with E-state index in [-0.39, 0.29) is 0 Å². The zero-order valence-corrected chi connectivity index (χ0v) is 11.9. The molecule has 2 aromatic carbocycles. The molecule has 108 valence electrons. The van der Waals surface area contributed by atoms with Crippen molar-refractivity contribution in [2.75, 3.05) is 7.11 Å². The Kier molecular flexibility index (Phi) is 3.39. The van der Waals surface area contributed by atoms with Gasteiger partial charge in [0.1, 0.15) is 22.9 Å². The van der Waals surface area contributed by atoms with Crippen LogP contribution in [0.5, 0.6) is 5.75 Å². The standard InChI is InChI=1S/C17H16FNO2/c1-10-5-3-6-11-9-14(21-17(10)11)16(19)15-12(18)7-4-8-13(15)20-2/h3-9,16H,19H2,1-2H3. The molecule has 0 aliphatic heterocycles. The van der Waals surface area contributed by atoms with Gasteiger partial charge in [-0.25, -0.2) is 4.39 Å². The Morgan fingerprint density at radius 1 is 1.19 bits per heavy atom. The second kappa shape index (κ2) is 5.22. The van der Waals surface area contributed by atoms with E-state index < -0.39 is 11.9 Å². The molecule has 0 fully saturated rings. The van der Waals surface area contributed by atoms with Crippen LogP contribution in [0.4, 0.5) is 4.39 Å². The molecule has 2 N–H and O–H groups in total. The van der Waals surface area contributed by atoms with Crippen molar-refractivity contribution in [1.82, 2.24) is 0 Å². The van der Waals surface area contributed by atoms with Crippen molar-refractivity contribution < 1.29 is 13.5 Å². The zero-order chi connectivity index (χ0) is 15.0. The normalized spacial score (nSPS) is 12.6. The number of hydrogen-bond donors (Lipinski definition) is 1. The van der Waals surface area contributed by atoms with Gasteiger partial charge in [0.25, 0.3) is 0 Å². The third-order valence-corrected chi connectivity index (χ3v) is 3.61. The first-order chi connectivity index (χ1) is 10.1. The summed E-state index contributed by atoms with van der Waals surface area (Å²) in [6.07, 6.45) is 0. The topological polar surface area (TPSA) is 48.4 Å². The van der Waals surface area contributed by atoms with Gasteiger partial charge in [0.2, 0.25) is 0 Å². The van der Waals surface area contributed by atoms with Crippen molar-refractivity contribution in [1.29, 1.82) is 0 Å². The van der Waals surface area contributed by atoms with Crippen molar-refractivity contribution >= 4 is 11.0 Å². The summed E-state index contributed by atoms with van der Waals surface area (Å²) in [5, 5.41) is 0.954. The molecular weight excluding hydrogens is 269 g/mol. The molecule has 0 saturated carbocycles. The van der Waals surface area contributed by atoms with Crippen molar-refractivity contribution in [3.8, 4) is 5.75 Å². The minimum absolute atomic E-state index is 0.303. The molecule has 21 heavy (non-hydrogen) atoms. The van der Waals surface area contributed by atoms with Crippen LogP contribution in [0.3, 0.4) is 0 Å². The van der Waals surface area contributed by atoms with Crippen molar-refractivity contribution in [3.05, 3.63) is 65.2 Å². The van der Waals surface area contributed by atoms with Crippen LogP contribution < -0.4 is 10.5 Å². The van der Waals surface area contributed by atoms with E-state index in [1.165, 1.54) is 13.2 Å². The fraction of sp³-hybridized carbons (Fsp3) is 0.176. The Bertz CT molecular complexity index is 795. The van der Waals surface area contributed by atoms with Gasteiger partial charge in [0.05, 0.1) is 18.7 Å². The number of ether oxygens (including phenoxy) is 1. The van der Waals surface area contributed by atoms with E-state index in [2.05, 4.69) is 0 Å². The first-order valence-electron chi connectivity index (χ1n) is 6.69. The number of nitrogens with two attached hydrogens (primary N) is 1. The molecule has 1 aromatic heterocycles. The van der Waals surface area contributed by atoms with Crippen LogP contribution in [-0.4, -0.2) is 7.11 Å². The highest BCUT2D eigenvalue weighted by molar-refractivity contribution is 5.81. The minimum atomic E-state index is -0.715. The molecule has 0 spiro atoms. The summed E-state index contributed by atoms with van der Waals surface area (Å²) in [4.78, 5) is 0. The van der Waals surface area contributed by atoms with Gasteiger partial charge in [-0.05, 0) is 30.7 Å². The molecule has 0 aliphatic rings. The number of methoxy groups -OCH3 is 1. The van der Waals surface area contributed by atoms with E-state index in [4.69, 9.17) is 14.9 Å². The smallest absolute Gasteiger partial charge is 0.137 e. The minimum Gasteiger partial charge on any atom is -0.496 e. The summed E-state index contributed by atoms with van der Waals surface area (Å²) >= 11 is 0. The van der Waals surface area contributed by atoms with Crippen LogP contribution in [0.15, 0.2) is 46.9 Å². The summed E-state index contributed by atoms with van der Waals surface area (Å²) < 4.78 is 25.1. The fourth-order valence-corrected chi connectivity index (χ4v) is 2.52. The number of para-hydroxylation sites is 1. The fourth-order valence-electron chi connectivity index (χ4n) is 2.52. The molecular formula is C17H16FNO2. The van der Waals surface area contributed by atoms with Crippen molar-refractivity contribution in [2.24, 2.45) is 5.73 Å². The lowest BCUT2D eigenvalue weighted by Gasteiger charge is -2.14. The zero-order valence-electron chi connectivity index (χ0n) is 11.9. The average molecular weight is 285 g/mol. The van der Waals surface area contributed by atoms with Gasteiger partial charge < -0.3 is 14.9 Å². The Balaban J connectivity index is 2.13. The number of hydrogen-bond acceptors (Lipinski definition) is 3. The molecule has 1 heterocycles. The molecule has 0 radical (unpaired) electrons. The van der Waals surface area contributed by atoms with Crippen LogP contribution in [0.1, 0.15) is 22.9 Å². The number of furan rings is 1. The molecule has 3 rings (SSSR count). The molecule has 0 saturated heterocycles. The van der Waals surface area contributed by atoms with Gasteiger partial charge in [-0.15, -0.1) is 0 Å². The van der Waals surface area contributed by atoms with Gasteiger partial charge in [-0.1, -0.05) is 24.3 Å². The van der Waals surface area contributed by atoms with E-state index in [1.54, 1.807) is 12.1 Å². The number of aryl methyl sites for hydroxylation is 1. The maximum atomic E-state index is 14.1. The second-order valence-electron chi connectivity index (χ2n) is 4.98. The van der Waals surface area contributed by atoms with Crippen LogP contribution in [-0.2, 0) is 0 Å². The molecule has 3 nitrogen and oxygen atoms in total. The monoisotopic (exact) mass is 285 g/mol. The Hall–Kier alpha value is -2.33. The number of fused-ring (bicyclic) bond motifs is 1. The summed E-state index contributed by atoms with van der Waals surface area (Å²) in [7, 11) is 1.49. The second-order valence-corrected chi connectivity index (χ2v) is 4.98. The Morgan fingerprint density at radius 3 is 2.67 bits per heavy atom. The van der Waals surface area contributed by atoms with Crippen LogP contribution in [0, 0.1) is 12.7 Å². The van der Waals surface area contributed by atoms with Crippen LogP contribution in [0.2, 0.25) is 0 Å². The largest absolute Gasteiger partial charge is 0.496 e. The van der Waals surface area contributed by atoms with Gasteiger partial charge in [0, 0.05) is 5.39 Å². The molecule has 0 aliphatic carbocycles. The average Bonchev–Trinajstić information content (AvgIpc) is 2.92. The molecule has 0 bridgehead atoms. The lowest BCUT2D eigenvalue weighted by molar-refractivity contribution is 0.397. The van der Waals surface area contributed by atoms with Gasteiger partial charge in [-0.3, -0.25) is 0 Å². The molecule has 1 unspecified atom stereocenters. The summed E-state index contributed by atoms with van der Waals surface area (Å²) in [5.74, 6) is 0.529. The third-order valence-electron chi connectivity index (χ3n) is 3.61. The third kappa shape index (κ3) is 2.28. The van der Waals surface area contributed by atoms with Gasteiger partial charge >= 0.3 is 0 Å². The van der Waals surface area contributed by atoms with E-state index in [1.807, 2.05) is 31.2 Å². The van der Waals surface area contributed by atoms with Crippen molar-refractivity contribution in [2.45, 2.75) is 13.0 Å². The molecule has 3 aromatic rings. The summed E-state index contributed by atoms with van der Waals surface area (Å²) in [5.41, 5.74) is 8.29. The highest BCUT2D eigenvalue weighted by Gasteiger charge is 2.22. The summed E-state index contributed by atoms with van der Waals surface area (Å²) in [6.45, 7) is 1.96. The maximum Gasteiger partial charge on any atom is 0.137 e. The molecule has 1 atom stereocenters. The Morgan fingerprint density at radius 2 is 1.95 bits per heavy atom. The SMILES string of the molecule is COc1cccc(F)c1C(N)c1cc2cccc(C)c2o1. The number of rotatable bonds is 3. The lowest BCUT2D eigenvalue weighted by Crippen LogP contribution is -2.14. The quantitative estimate of drug-likeness (QED) is 0.793. The maximum absolute atomic E-state index is 14.1. The van der Waals surface area contributed by atoms with E-state index in [0.29, 0.717) is 17.1 Å². The predicted octanol–water partition coefficient (Wildman–Crippen LogP) is 3.94. The summed E-state index contributed by atoms with van der Waals surface area (Å²) in [6, 6.07) is 11.6.